The SMILES string of the molecule is CCCCCCCCCCCCCCCCOc1ccc(OC(=O)c2ccc(C(=O)Oc3ccc(OCCCCCCCCCCCCCCCC)cc3)c(N3C(=O)C4C5C=CC(C5)C4C3=O)c2)cc1. The van der Waals surface area contributed by atoms with E-state index in [4.69, 9.17) is 18.9 Å². The summed E-state index contributed by atoms with van der Waals surface area (Å²) < 4.78 is 23.5. The van der Waals surface area contributed by atoms with Crippen LogP contribution >= 0.6 is 0 Å². The van der Waals surface area contributed by atoms with Gasteiger partial charge in [-0.1, -0.05) is 193 Å². The lowest BCUT2D eigenvalue weighted by Gasteiger charge is -2.21. The van der Waals surface area contributed by atoms with Crippen LogP contribution in [0.5, 0.6) is 23.0 Å². The van der Waals surface area contributed by atoms with Gasteiger partial charge < -0.3 is 18.9 Å². The molecule has 382 valence electrons. The Balaban J connectivity index is 0.937. The number of benzene rings is 3. The van der Waals surface area contributed by atoms with Gasteiger partial charge in [0.2, 0.25) is 11.8 Å². The Morgan fingerprint density at radius 2 is 0.786 bits per heavy atom. The maximum Gasteiger partial charge on any atom is 0.345 e. The number of amides is 2. The minimum absolute atomic E-state index is 0.00281. The predicted molar refractivity (Wildman–Crippen MR) is 281 cm³/mol. The predicted octanol–water partition coefficient (Wildman–Crippen LogP) is 16.2. The Bertz CT molecular complexity index is 2030. The van der Waals surface area contributed by atoms with Gasteiger partial charge in [-0.15, -0.1) is 0 Å². The first-order chi connectivity index (χ1) is 34.4. The van der Waals surface area contributed by atoms with Gasteiger partial charge in [0.15, 0.2) is 0 Å². The number of carbonyl (C=O) groups is 4. The summed E-state index contributed by atoms with van der Waals surface area (Å²) in [4.78, 5) is 56.6. The maximum atomic E-state index is 14.0. The number of allylic oxidation sites excluding steroid dienone is 2. The van der Waals surface area contributed by atoms with E-state index in [1.165, 1.54) is 172 Å². The van der Waals surface area contributed by atoms with Gasteiger partial charge in [0.25, 0.3) is 0 Å². The normalized spacial score (nSPS) is 17.9. The molecule has 9 nitrogen and oxygen atoms in total. The molecule has 70 heavy (non-hydrogen) atoms. The molecule has 3 aromatic carbocycles. The van der Waals surface area contributed by atoms with Crippen LogP contribution < -0.4 is 23.8 Å². The molecule has 2 fully saturated rings. The molecule has 1 heterocycles. The quantitative estimate of drug-likeness (QED) is 0.0185. The van der Waals surface area contributed by atoms with E-state index in [9.17, 15) is 19.2 Å². The van der Waals surface area contributed by atoms with E-state index < -0.39 is 23.8 Å². The zero-order chi connectivity index (χ0) is 49.2. The number of rotatable bonds is 37. The largest absolute Gasteiger partial charge is 0.494 e. The van der Waals surface area contributed by atoms with Crippen molar-refractivity contribution in [2.24, 2.45) is 23.7 Å². The van der Waals surface area contributed by atoms with Crippen LogP contribution in [0.4, 0.5) is 5.69 Å². The zero-order valence-electron chi connectivity index (χ0n) is 42.9. The molecule has 1 aliphatic heterocycles. The van der Waals surface area contributed by atoms with Crippen molar-refractivity contribution in [2.45, 2.75) is 200 Å². The number of carbonyl (C=O) groups excluding carboxylic acids is 4. The third kappa shape index (κ3) is 17.1. The molecule has 1 saturated heterocycles. The summed E-state index contributed by atoms with van der Waals surface area (Å²) in [6, 6.07) is 18.1. The van der Waals surface area contributed by atoms with Crippen molar-refractivity contribution in [3.05, 3.63) is 90.0 Å². The van der Waals surface area contributed by atoms with E-state index in [-0.39, 0.29) is 46.2 Å². The molecule has 4 atom stereocenters. The second kappa shape index (κ2) is 30.7. The number of unbranched alkanes of at least 4 members (excludes halogenated alkanes) is 26. The van der Waals surface area contributed by atoms with Crippen LogP contribution in [0.15, 0.2) is 78.9 Å². The Labute approximate surface area is 420 Å². The molecule has 3 aliphatic rings. The van der Waals surface area contributed by atoms with Crippen LogP contribution in [-0.2, 0) is 9.59 Å². The van der Waals surface area contributed by atoms with Gasteiger partial charge in [-0.25, -0.2) is 14.5 Å². The number of hydrogen-bond donors (Lipinski definition) is 0. The van der Waals surface area contributed by atoms with Gasteiger partial charge in [-0.3, -0.25) is 9.59 Å². The van der Waals surface area contributed by atoms with Crippen molar-refractivity contribution in [3.8, 4) is 23.0 Å². The van der Waals surface area contributed by atoms with Crippen molar-refractivity contribution < 1.29 is 38.1 Å². The first-order valence-electron chi connectivity index (χ1n) is 28.0. The fourth-order valence-electron chi connectivity index (χ4n) is 10.7. The van der Waals surface area contributed by atoms with E-state index in [2.05, 4.69) is 13.8 Å². The van der Waals surface area contributed by atoms with Gasteiger partial charge in [-0.2, -0.15) is 0 Å². The molecule has 0 radical (unpaired) electrons. The topological polar surface area (TPSA) is 108 Å². The van der Waals surface area contributed by atoms with Crippen LogP contribution in [-0.4, -0.2) is 37.0 Å². The lowest BCUT2D eigenvalue weighted by atomic mass is 9.85. The van der Waals surface area contributed by atoms with Crippen molar-refractivity contribution in [1.29, 1.82) is 0 Å². The summed E-state index contributed by atoms with van der Waals surface area (Å²) in [5, 5.41) is 0. The monoisotopic (exact) mass is 960 g/mol. The molecular weight excluding hydrogens is 875 g/mol. The highest BCUT2D eigenvalue weighted by Gasteiger charge is 2.60. The molecule has 0 spiro atoms. The first kappa shape index (κ1) is 54.4. The summed E-state index contributed by atoms with van der Waals surface area (Å²) in [5.74, 6) is -1.23. The van der Waals surface area contributed by atoms with Gasteiger partial charge in [0, 0.05) is 0 Å². The van der Waals surface area contributed by atoms with Crippen LogP contribution in [0.25, 0.3) is 0 Å². The lowest BCUT2D eigenvalue weighted by molar-refractivity contribution is -0.123. The second-order valence-corrected chi connectivity index (χ2v) is 20.4. The third-order valence-electron chi connectivity index (χ3n) is 14.8. The number of esters is 2. The van der Waals surface area contributed by atoms with Crippen molar-refractivity contribution in [1.82, 2.24) is 0 Å². The molecule has 3 aromatic rings. The molecule has 1 saturated carbocycles. The summed E-state index contributed by atoms with van der Waals surface area (Å²) >= 11 is 0. The van der Waals surface area contributed by atoms with Gasteiger partial charge in [-0.05, 0) is 97.8 Å². The Morgan fingerprint density at radius 3 is 1.17 bits per heavy atom. The van der Waals surface area contributed by atoms with Crippen LogP contribution in [0, 0.1) is 23.7 Å². The fourth-order valence-corrected chi connectivity index (χ4v) is 10.7. The Kier molecular flexibility index (Phi) is 23.9. The minimum atomic E-state index is -0.755. The standard InChI is InChI=1S/C61H85NO8/c1-3-5-7-9-11-13-15-17-19-21-23-25-27-29-43-67-50-34-38-52(39-35-50)69-60(65)49-33-42-54(55(46-49)62-58(63)56-47-31-32-48(45-47)57(56)59(62)64)61(66)70-53-40-36-51(37-41-53)68-44-30-28-26-24-22-20-18-16-14-12-10-8-6-4-2/h31-42,46-48,56-57H,3-30,43-45H2,1-2H3. The molecule has 6 rings (SSSR count). The van der Waals surface area contributed by atoms with Crippen molar-refractivity contribution in [3.63, 3.8) is 0 Å². The number of nitrogens with zero attached hydrogens (tertiary/aromatic N) is 1. The summed E-state index contributed by atoms with van der Waals surface area (Å²) in [5.41, 5.74) is 0.101. The summed E-state index contributed by atoms with van der Waals surface area (Å²) in [7, 11) is 0. The molecule has 4 unspecified atom stereocenters. The van der Waals surface area contributed by atoms with E-state index >= 15 is 0 Å². The number of anilines is 1. The third-order valence-corrected chi connectivity index (χ3v) is 14.8. The van der Waals surface area contributed by atoms with Crippen LogP contribution in [0.3, 0.4) is 0 Å². The molecule has 2 amide bonds. The van der Waals surface area contributed by atoms with E-state index in [0.717, 1.165) is 37.0 Å². The molecular formula is C61H85NO8. The lowest BCUT2D eigenvalue weighted by Crippen LogP contribution is -2.34. The van der Waals surface area contributed by atoms with Crippen molar-refractivity contribution >= 4 is 29.4 Å². The highest BCUT2D eigenvalue weighted by molar-refractivity contribution is 6.25. The van der Waals surface area contributed by atoms with E-state index in [0.29, 0.717) is 30.5 Å². The van der Waals surface area contributed by atoms with Gasteiger partial charge >= 0.3 is 11.9 Å². The number of fused-ring (bicyclic) bond motifs is 5. The summed E-state index contributed by atoms with van der Waals surface area (Å²) in [6.07, 6.45) is 41.3. The van der Waals surface area contributed by atoms with Crippen molar-refractivity contribution in [2.75, 3.05) is 18.1 Å². The first-order valence-corrected chi connectivity index (χ1v) is 28.0. The average Bonchev–Trinajstić information content (AvgIpc) is 4.07. The average molecular weight is 960 g/mol. The maximum absolute atomic E-state index is 14.0. The Hall–Kier alpha value is -4.92. The highest BCUT2D eigenvalue weighted by atomic mass is 16.5. The van der Waals surface area contributed by atoms with E-state index in [1.807, 2.05) is 12.2 Å². The smallest absolute Gasteiger partial charge is 0.345 e. The number of imide groups is 1. The van der Waals surface area contributed by atoms with Gasteiger partial charge in [0.1, 0.15) is 23.0 Å². The minimum Gasteiger partial charge on any atom is -0.494 e. The molecule has 0 aromatic heterocycles. The van der Waals surface area contributed by atoms with E-state index in [1.54, 1.807) is 48.5 Å². The van der Waals surface area contributed by atoms with Crippen LogP contribution in [0.2, 0.25) is 0 Å². The van der Waals surface area contributed by atoms with Crippen LogP contribution in [0.1, 0.15) is 221 Å². The number of hydrogen-bond acceptors (Lipinski definition) is 8. The molecule has 0 N–H and O–H groups in total. The summed E-state index contributed by atoms with van der Waals surface area (Å²) in [6.45, 7) is 5.78. The zero-order valence-corrected chi connectivity index (χ0v) is 42.9. The fraction of sp³-hybridized carbons (Fsp3) is 0.607. The highest BCUT2D eigenvalue weighted by Crippen LogP contribution is 2.53. The Morgan fingerprint density at radius 1 is 0.443 bits per heavy atom. The number of ether oxygens (including phenoxy) is 4. The molecule has 2 bridgehead atoms. The van der Waals surface area contributed by atoms with Gasteiger partial charge in [0.05, 0.1) is 41.9 Å². The molecule has 2 aliphatic carbocycles. The second-order valence-electron chi connectivity index (χ2n) is 20.4. The molecule has 9 heteroatoms.